The predicted molar refractivity (Wildman–Crippen MR) is 63.1 cm³/mol. The van der Waals surface area contributed by atoms with E-state index in [2.05, 4.69) is 35.8 Å². The van der Waals surface area contributed by atoms with E-state index in [1.54, 1.807) is 6.33 Å². The topological polar surface area (TPSA) is 54.2 Å². The van der Waals surface area contributed by atoms with Crippen LogP contribution in [0.1, 0.15) is 39.1 Å². The summed E-state index contributed by atoms with van der Waals surface area (Å²) in [5.74, 6) is 0.969. The minimum atomic E-state index is 0.190. The highest BCUT2D eigenvalue weighted by atomic mass is 16.3. The zero-order valence-electron chi connectivity index (χ0n) is 10.4. The highest BCUT2D eigenvalue weighted by Gasteiger charge is 2.11. The van der Waals surface area contributed by atoms with Crippen LogP contribution in [0.4, 0.5) is 0 Å². The summed E-state index contributed by atoms with van der Waals surface area (Å²) in [5, 5.41) is 13.2. The predicted octanol–water partition coefficient (Wildman–Crippen LogP) is 1.06. The van der Waals surface area contributed by atoms with Gasteiger partial charge in [-0.15, -0.1) is 0 Å². The molecule has 0 aliphatic carbocycles. The molecule has 0 aliphatic rings. The molecule has 1 aromatic rings. The van der Waals surface area contributed by atoms with Gasteiger partial charge < -0.3 is 5.11 Å². The molecular weight excluding hydrogens is 204 g/mol. The van der Waals surface area contributed by atoms with Crippen molar-refractivity contribution < 1.29 is 5.11 Å². The molecule has 1 heterocycles. The second-order valence-electron chi connectivity index (χ2n) is 4.21. The van der Waals surface area contributed by atoms with E-state index in [1.807, 2.05) is 4.68 Å². The van der Waals surface area contributed by atoms with Crippen molar-refractivity contribution in [3.63, 3.8) is 0 Å². The van der Waals surface area contributed by atoms with Crippen molar-refractivity contribution in [3.8, 4) is 0 Å². The Bertz CT molecular complexity index is 292. The Hall–Kier alpha value is -0.940. The van der Waals surface area contributed by atoms with Gasteiger partial charge >= 0.3 is 0 Å². The third-order valence-electron chi connectivity index (χ3n) is 2.46. The highest BCUT2D eigenvalue weighted by Crippen LogP contribution is 2.08. The number of aliphatic hydroxyl groups excluding tert-OH is 1. The fourth-order valence-electron chi connectivity index (χ4n) is 1.75. The molecule has 0 bridgehead atoms. The number of hydrogen-bond acceptors (Lipinski definition) is 4. The van der Waals surface area contributed by atoms with E-state index < -0.39 is 0 Å². The molecule has 16 heavy (non-hydrogen) atoms. The first-order valence-electron chi connectivity index (χ1n) is 5.90. The third kappa shape index (κ3) is 3.57. The van der Waals surface area contributed by atoms with Crippen molar-refractivity contribution in [2.24, 2.45) is 0 Å². The van der Waals surface area contributed by atoms with Gasteiger partial charge in [-0.05, 0) is 26.8 Å². The van der Waals surface area contributed by atoms with Crippen molar-refractivity contribution >= 4 is 0 Å². The van der Waals surface area contributed by atoms with Crippen LogP contribution in [0.5, 0.6) is 0 Å². The van der Waals surface area contributed by atoms with Crippen molar-refractivity contribution in [2.45, 2.75) is 39.8 Å². The van der Waals surface area contributed by atoms with Gasteiger partial charge in [0.1, 0.15) is 12.2 Å². The Labute approximate surface area is 97.1 Å². The fraction of sp³-hybridized carbons (Fsp3) is 0.818. The average Bonchev–Trinajstić information content (AvgIpc) is 2.66. The van der Waals surface area contributed by atoms with Gasteiger partial charge in [-0.1, -0.05) is 6.92 Å². The lowest BCUT2D eigenvalue weighted by Crippen LogP contribution is -2.29. The maximum absolute atomic E-state index is 8.99. The van der Waals surface area contributed by atoms with E-state index in [0.29, 0.717) is 12.6 Å². The molecule has 0 unspecified atom stereocenters. The molecule has 92 valence electrons. The molecule has 0 atom stereocenters. The van der Waals surface area contributed by atoms with Gasteiger partial charge in [0.2, 0.25) is 0 Å². The smallest absolute Gasteiger partial charge is 0.141 e. The Morgan fingerprint density at radius 1 is 1.44 bits per heavy atom. The van der Waals surface area contributed by atoms with Gasteiger partial charge in [-0.3, -0.25) is 4.90 Å². The number of aromatic nitrogens is 3. The minimum absolute atomic E-state index is 0.190. The van der Waals surface area contributed by atoms with Gasteiger partial charge in [-0.25, -0.2) is 9.67 Å². The summed E-state index contributed by atoms with van der Waals surface area (Å²) < 4.78 is 1.93. The lowest BCUT2D eigenvalue weighted by molar-refractivity contribution is 0.184. The molecule has 0 amide bonds. The first kappa shape index (κ1) is 13.1. The van der Waals surface area contributed by atoms with Gasteiger partial charge in [0, 0.05) is 12.6 Å². The second kappa shape index (κ2) is 6.60. The van der Waals surface area contributed by atoms with E-state index in [1.165, 1.54) is 0 Å². The first-order valence-corrected chi connectivity index (χ1v) is 5.90. The van der Waals surface area contributed by atoms with E-state index >= 15 is 0 Å². The molecular formula is C11H22N4O. The van der Waals surface area contributed by atoms with Crippen LogP contribution < -0.4 is 0 Å². The lowest BCUT2D eigenvalue weighted by atomic mass is 10.3. The fourth-order valence-corrected chi connectivity index (χ4v) is 1.75. The van der Waals surface area contributed by atoms with Crippen LogP contribution in [0, 0.1) is 0 Å². The van der Waals surface area contributed by atoms with Crippen LogP contribution in [0.2, 0.25) is 0 Å². The zero-order valence-corrected chi connectivity index (χ0v) is 10.4. The van der Waals surface area contributed by atoms with Crippen molar-refractivity contribution in [1.82, 2.24) is 19.7 Å². The average molecular weight is 226 g/mol. The van der Waals surface area contributed by atoms with Crippen LogP contribution >= 0.6 is 0 Å². The molecule has 0 saturated heterocycles. The standard InChI is InChI=1S/C11H22N4O/c1-4-5-14(6-7-16)8-11-12-9-13-15(11)10(2)3/h9-10,16H,4-8H2,1-3H3. The van der Waals surface area contributed by atoms with Crippen LogP contribution in [-0.4, -0.2) is 44.5 Å². The normalized spacial score (nSPS) is 11.6. The second-order valence-corrected chi connectivity index (χ2v) is 4.21. The minimum Gasteiger partial charge on any atom is -0.395 e. The van der Waals surface area contributed by atoms with Crippen LogP contribution in [0.3, 0.4) is 0 Å². The summed E-state index contributed by atoms with van der Waals surface area (Å²) >= 11 is 0. The first-order chi connectivity index (χ1) is 7.69. The number of rotatable bonds is 7. The maximum Gasteiger partial charge on any atom is 0.141 e. The molecule has 0 fully saturated rings. The molecule has 0 aromatic carbocycles. The monoisotopic (exact) mass is 226 g/mol. The van der Waals surface area contributed by atoms with Crippen molar-refractivity contribution in [1.29, 1.82) is 0 Å². The van der Waals surface area contributed by atoms with Gasteiger partial charge in [0.25, 0.3) is 0 Å². The largest absolute Gasteiger partial charge is 0.395 e. The van der Waals surface area contributed by atoms with E-state index in [0.717, 1.165) is 25.3 Å². The summed E-state index contributed by atoms with van der Waals surface area (Å²) in [6.07, 6.45) is 2.67. The molecule has 0 radical (unpaired) electrons. The van der Waals surface area contributed by atoms with Gasteiger partial charge in [0.05, 0.1) is 13.2 Å². The molecule has 1 N–H and O–H groups in total. The number of aliphatic hydroxyl groups is 1. The van der Waals surface area contributed by atoms with Crippen LogP contribution in [0.15, 0.2) is 6.33 Å². The molecule has 1 rings (SSSR count). The Morgan fingerprint density at radius 2 is 2.19 bits per heavy atom. The summed E-state index contributed by atoms with van der Waals surface area (Å²) in [4.78, 5) is 6.47. The zero-order chi connectivity index (χ0) is 12.0. The number of hydrogen-bond donors (Lipinski definition) is 1. The van der Waals surface area contributed by atoms with Crippen LogP contribution in [0.25, 0.3) is 0 Å². The molecule has 0 saturated carbocycles. The summed E-state index contributed by atoms with van der Waals surface area (Å²) in [6.45, 7) is 8.94. The van der Waals surface area contributed by atoms with Gasteiger partial charge in [0.15, 0.2) is 0 Å². The molecule has 1 aromatic heterocycles. The highest BCUT2D eigenvalue weighted by molar-refractivity contribution is 4.86. The van der Waals surface area contributed by atoms with E-state index in [9.17, 15) is 0 Å². The SMILES string of the molecule is CCCN(CCO)Cc1ncnn1C(C)C. The summed E-state index contributed by atoms with van der Waals surface area (Å²) in [7, 11) is 0. The van der Waals surface area contributed by atoms with Crippen molar-refractivity contribution in [3.05, 3.63) is 12.2 Å². The van der Waals surface area contributed by atoms with Crippen molar-refractivity contribution in [2.75, 3.05) is 19.7 Å². The van der Waals surface area contributed by atoms with E-state index in [4.69, 9.17) is 5.11 Å². The van der Waals surface area contributed by atoms with Gasteiger partial charge in [-0.2, -0.15) is 5.10 Å². The lowest BCUT2D eigenvalue weighted by Gasteiger charge is -2.20. The Morgan fingerprint density at radius 3 is 2.75 bits per heavy atom. The van der Waals surface area contributed by atoms with Crippen LogP contribution in [-0.2, 0) is 6.54 Å². The quantitative estimate of drug-likeness (QED) is 0.755. The Balaban J connectivity index is 2.64. The third-order valence-corrected chi connectivity index (χ3v) is 2.46. The summed E-state index contributed by atoms with van der Waals surface area (Å²) in [5.41, 5.74) is 0. The maximum atomic E-state index is 8.99. The molecule has 5 heteroatoms. The molecule has 5 nitrogen and oxygen atoms in total. The Kier molecular flexibility index (Phi) is 5.42. The van der Waals surface area contributed by atoms with E-state index in [-0.39, 0.29) is 6.61 Å². The number of nitrogens with zero attached hydrogens (tertiary/aromatic N) is 4. The molecule has 0 aliphatic heterocycles. The summed E-state index contributed by atoms with van der Waals surface area (Å²) in [6, 6.07) is 0.329. The molecule has 0 spiro atoms.